The Bertz CT molecular complexity index is 848. The molecular weight excluding hydrogens is 396 g/mol. The highest BCUT2D eigenvalue weighted by Crippen LogP contribution is 2.28. The maximum absolute atomic E-state index is 12.4. The quantitative estimate of drug-likeness (QED) is 0.579. The average molecular weight is 409 g/mol. The summed E-state index contributed by atoms with van der Waals surface area (Å²) < 4.78 is 16.7. The molecule has 2 heterocycles. The minimum Gasteiger partial charge on any atom is -0.497 e. The summed E-state index contributed by atoms with van der Waals surface area (Å²) in [6.07, 6.45) is -0.670. The second kappa shape index (κ2) is 7.14. The van der Waals surface area contributed by atoms with Crippen LogP contribution in [-0.4, -0.2) is 23.3 Å². The van der Waals surface area contributed by atoms with E-state index in [1.807, 2.05) is 17.5 Å². The molecule has 0 saturated carbocycles. The van der Waals surface area contributed by atoms with E-state index in [2.05, 4.69) is 26.1 Å². The SMILES string of the molecule is COc1ccc(Br)c(C(=O)OC(C)c2nnc(-c3cccs3)o2)c1. The molecule has 3 rings (SSSR count). The molecule has 0 N–H and O–H groups in total. The second-order valence-corrected chi connectivity index (χ2v) is 6.62. The maximum atomic E-state index is 12.4. The summed E-state index contributed by atoms with van der Waals surface area (Å²) in [6.45, 7) is 1.68. The standard InChI is InChI=1S/C16H13BrN2O4S/c1-9(14-18-19-15(23-14)13-4-3-7-24-13)22-16(20)11-8-10(21-2)5-6-12(11)17/h3-9H,1-2H3. The zero-order chi connectivity index (χ0) is 17.1. The van der Waals surface area contributed by atoms with Crippen molar-refractivity contribution in [3.05, 3.63) is 51.6 Å². The lowest BCUT2D eigenvalue weighted by atomic mass is 10.2. The number of benzene rings is 1. The first-order valence-corrected chi connectivity index (χ1v) is 8.67. The van der Waals surface area contributed by atoms with Gasteiger partial charge in [-0.05, 0) is 52.5 Å². The molecule has 124 valence electrons. The predicted octanol–water partition coefficient (Wildman–Crippen LogP) is 4.49. The van der Waals surface area contributed by atoms with Crippen LogP contribution in [0.1, 0.15) is 29.3 Å². The number of carbonyl (C=O) groups is 1. The van der Waals surface area contributed by atoms with E-state index in [1.165, 1.54) is 18.4 Å². The van der Waals surface area contributed by atoms with Crippen LogP contribution in [0.2, 0.25) is 0 Å². The van der Waals surface area contributed by atoms with Gasteiger partial charge in [-0.1, -0.05) is 6.07 Å². The Labute approximate surface area is 150 Å². The Balaban J connectivity index is 1.75. The van der Waals surface area contributed by atoms with Gasteiger partial charge < -0.3 is 13.9 Å². The molecule has 0 saturated heterocycles. The number of rotatable bonds is 5. The lowest BCUT2D eigenvalue weighted by molar-refractivity contribution is 0.0278. The molecule has 1 atom stereocenters. The number of methoxy groups -OCH3 is 1. The molecule has 0 aliphatic rings. The largest absolute Gasteiger partial charge is 0.497 e. The second-order valence-electron chi connectivity index (χ2n) is 4.82. The molecule has 0 spiro atoms. The van der Waals surface area contributed by atoms with Gasteiger partial charge in [-0.15, -0.1) is 21.5 Å². The lowest BCUT2D eigenvalue weighted by Crippen LogP contribution is -2.10. The molecule has 1 aromatic carbocycles. The van der Waals surface area contributed by atoms with E-state index in [-0.39, 0.29) is 5.89 Å². The van der Waals surface area contributed by atoms with Crippen LogP contribution < -0.4 is 4.74 Å². The van der Waals surface area contributed by atoms with Gasteiger partial charge in [0, 0.05) is 4.47 Å². The molecule has 24 heavy (non-hydrogen) atoms. The average Bonchev–Trinajstić information content (AvgIpc) is 3.26. The molecule has 3 aromatic rings. The highest BCUT2D eigenvalue weighted by atomic mass is 79.9. The van der Waals surface area contributed by atoms with E-state index in [0.29, 0.717) is 21.7 Å². The van der Waals surface area contributed by atoms with Crippen molar-refractivity contribution in [1.29, 1.82) is 0 Å². The van der Waals surface area contributed by atoms with Crippen molar-refractivity contribution >= 4 is 33.2 Å². The number of carbonyl (C=O) groups excluding carboxylic acids is 1. The topological polar surface area (TPSA) is 74.5 Å². The Kier molecular flexibility index (Phi) is 4.96. The Hall–Kier alpha value is -2.19. The van der Waals surface area contributed by atoms with E-state index in [1.54, 1.807) is 25.1 Å². The van der Waals surface area contributed by atoms with Gasteiger partial charge in [-0.2, -0.15) is 0 Å². The van der Waals surface area contributed by atoms with Crippen molar-refractivity contribution in [3.63, 3.8) is 0 Å². The molecular formula is C16H13BrN2O4S. The van der Waals surface area contributed by atoms with Crippen LogP contribution in [0.15, 0.2) is 44.6 Å². The van der Waals surface area contributed by atoms with Crippen LogP contribution in [0.25, 0.3) is 10.8 Å². The van der Waals surface area contributed by atoms with Gasteiger partial charge in [0.2, 0.25) is 0 Å². The fraction of sp³-hybridized carbons (Fsp3) is 0.188. The smallest absolute Gasteiger partial charge is 0.340 e. The number of esters is 1. The van der Waals surface area contributed by atoms with Crippen LogP contribution in [-0.2, 0) is 4.74 Å². The Morgan fingerprint density at radius 1 is 1.33 bits per heavy atom. The third-order valence-corrected chi connectivity index (χ3v) is 4.75. The summed E-state index contributed by atoms with van der Waals surface area (Å²) in [5.41, 5.74) is 0.360. The molecule has 0 aliphatic heterocycles. The molecule has 0 fully saturated rings. The number of hydrogen-bond donors (Lipinski definition) is 0. The zero-order valence-electron chi connectivity index (χ0n) is 12.9. The lowest BCUT2D eigenvalue weighted by Gasteiger charge is -2.11. The Morgan fingerprint density at radius 3 is 2.88 bits per heavy atom. The van der Waals surface area contributed by atoms with Gasteiger partial charge >= 0.3 is 5.97 Å². The van der Waals surface area contributed by atoms with Crippen LogP contribution >= 0.6 is 27.3 Å². The molecule has 0 aliphatic carbocycles. The summed E-state index contributed by atoms with van der Waals surface area (Å²) in [5, 5.41) is 9.85. The highest BCUT2D eigenvalue weighted by Gasteiger charge is 2.21. The molecule has 0 amide bonds. The predicted molar refractivity (Wildman–Crippen MR) is 92.1 cm³/mol. The van der Waals surface area contributed by atoms with Crippen molar-refractivity contribution in [2.24, 2.45) is 0 Å². The normalized spacial score (nSPS) is 12.0. The van der Waals surface area contributed by atoms with E-state index < -0.39 is 12.1 Å². The molecule has 6 nitrogen and oxygen atoms in total. The van der Waals surface area contributed by atoms with Crippen molar-refractivity contribution in [3.8, 4) is 16.5 Å². The third kappa shape index (κ3) is 3.49. The highest BCUT2D eigenvalue weighted by molar-refractivity contribution is 9.10. The van der Waals surface area contributed by atoms with Crippen LogP contribution in [0, 0.1) is 0 Å². The van der Waals surface area contributed by atoms with Gasteiger partial charge in [-0.25, -0.2) is 4.79 Å². The first kappa shape index (κ1) is 16.7. The van der Waals surface area contributed by atoms with Crippen molar-refractivity contribution in [2.45, 2.75) is 13.0 Å². The van der Waals surface area contributed by atoms with E-state index in [4.69, 9.17) is 13.9 Å². The molecule has 2 aromatic heterocycles. The van der Waals surface area contributed by atoms with Crippen molar-refractivity contribution in [2.75, 3.05) is 7.11 Å². The summed E-state index contributed by atoms with van der Waals surface area (Å²) in [6, 6.07) is 8.85. The summed E-state index contributed by atoms with van der Waals surface area (Å²) >= 11 is 4.82. The third-order valence-electron chi connectivity index (χ3n) is 3.20. The van der Waals surface area contributed by atoms with Crippen molar-refractivity contribution < 1.29 is 18.7 Å². The van der Waals surface area contributed by atoms with Crippen LogP contribution in [0.5, 0.6) is 5.75 Å². The number of nitrogens with zero attached hydrogens (tertiary/aromatic N) is 2. The molecule has 0 bridgehead atoms. The van der Waals surface area contributed by atoms with Crippen LogP contribution in [0.3, 0.4) is 0 Å². The maximum Gasteiger partial charge on any atom is 0.340 e. The number of thiophene rings is 1. The van der Waals surface area contributed by atoms with Gasteiger partial charge in [0.25, 0.3) is 11.8 Å². The zero-order valence-corrected chi connectivity index (χ0v) is 15.3. The van der Waals surface area contributed by atoms with Gasteiger partial charge in [0.15, 0.2) is 6.10 Å². The van der Waals surface area contributed by atoms with E-state index >= 15 is 0 Å². The number of hydrogen-bond acceptors (Lipinski definition) is 7. The van der Waals surface area contributed by atoms with E-state index in [0.717, 1.165) is 4.88 Å². The van der Waals surface area contributed by atoms with Crippen molar-refractivity contribution in [1.82, 2.24) is 10.2 Å². The minimum atomic E-state index is -0.670. The number of aromatic nitrogens is 2. The molecule has 0 radical (unpaired) electrons. The minimum absolute atomic E-state index is 0.241. The first-order chi connectivity index (χ1) is 11.6. The fourth-order valence-corrected chi connectivity index (χ4v) is 3.01. The number of ether oxygens (including phenoxy) is 2. The first-order valence-electron chi connectivity index (χ1n) is 7.00. The monoisotopic (exact) mass is 408 g/mol. The molecule has 1 unspecified atom stereocenters. The van der Waals surface area contributed by atoms with Gasteiger partial charge in [0.05, 0.1) is 17.6 Å². The van der Waals surface area contributed by atoms with Crippen LogP contribution in [0.4, 0.5) is 0 Å². The summed E-state index contributed by atoms with van der Waals surface area (Å²) in [5.74, 6) is 0.705. The summed E-state index contributed by atoms with van der Waals surface area (Å²) in [4.78, 5) is 13.2. The summed E-state index contributed by atoms with van der Waals surface area (Å²) in [7, 11) is 1.53. The molecule has 8 heteroatoms. The fourth-order valence-electron chi connectivity index (χ4n) is 1.96. The van der Waals surface area contributed by atoms with Gasteiger partial charge in [-0.3, -0.25) is 0 Å². The van der Waals surface area contributed by atoms with E-state index in [9.17, 15) is 4.79 Å². The van der Waals surface area contributed by atoms with Gasteiger partial charge in [0.1, 0.15) is 5.75 Å². The number of halogens is 1. The Morgan fingerprint density at radius 2 is 2.17 bits per heavy atom.